The number of benzene rings is 1. The summed E-state index contributed by atoms with van der Waals surface area (Å²) in [6.45, 7) is 5.72. The number of nitrogens with two attached hydrogens (primary N) is 1. The molecule has 9 heteroatoms. The number of methoxy groups -OCH3 is 2. The average Bonchev–Trinajstić information content (AvgIpc) is 2.67. The van der Waals surface area contributed by atoms with Crippen LogP contribution in [0.3, 0.4) is 0 Å². The molecular formula is C16H24N6O2S. The summed E-state index contributed by atoms with van der Waals surface area (Å²) in [5.74, 6) is 2.31. The van der Waals surface area contributed by atoms with Crippen molar-refractivity contribution in [1.29, 1.82) is 0 Å². The average molecular weight is 364 g/mol. The minimum atomic E-state index is 0.676. The second kappa shape index (κ2) is 8.52. The number of aromatic nitrogens is 2. The minimum absolute atomic E-state index is 0.676. The van der Waals surface area contributed by atoms with E-state index in [2.05, 4.69) is 24.5 Å². The van der Waals surface area contributed by atoms with Crippen molar-refractivity contribution in [2.75, 3.05) is 58.4 Å². The SMILES string of the molecule is COc1cc2ncnc(N3CCN(CCNSN)CC3)c2cc1OC. The Morgan fingerprint density at radius 2 is 1.84 bits per heavy atom. The van der Waals surface area contributed by atoms with Crippen LogP contribution in [0.4, 0.5) is 5.82 Å². The van der Waals surface area contributed by atoms with Gasteiger partial charge < -0.3 is 14.4 Å². The van der Waals surface area contributed by atoms with Crippen molar-refractivity contribution in [1.82, 2.24) is 19.6 Å². The van der Waals surface area contributed by atoms with E-state index in [1.54, 1.807) is 20.5 Å². The molecule has 136 valence electrons. The lowest BCUT2D eigenvalue weighted by Crippen LogP contribution is -2.48. The fourth-order valence-electron chi connectivity index (χ4n) is 3.07. The Labute approximate surface area is 151 Å². The maximum Gasteiger partial charge on any atom is 0.162 e. The van der Waals surface area contributed by atoms with Gasteiger partial charge in [-0.05, 0) is 6.07 Å². The largest absolute Gasteiger partial charge is 0.493 e. The first-order chi connectivity index (χ1) is 12.3. The molecule has 0 unspecified atom stereocenters. The second-order valence-electron chi connectivity index (χ2n) is 5.76. The predicted octanol–water partition coefficient (Wildman–Crippen LogP) is 0.880. The topological polar surface area (TPSA) is 88.8 Å². The van der Waals surface area contributed by atoms with Crippen LogP contribution in [0.25, 0.3) is 10.9 Å². The molecule has 1 aliphatic heterocycles. The van der Waals surface area contributed by atoms with Crippen LogP contribution in [0.2, 0.25) is 0 Å². The molecule has 2 heterocycles. The highest BCUT2D eigenvalue weighted by atomic mass is 32.2. The maximum absolute atomic E-state index is 5.43. The molecule has 1 aliphatic rings. The van der Waals surface area contributed by atoms with Gasteiger partial charge in [0, 0.05) is 62.9 Å². The number of hydrogen-bond donors (Lipinski definition) is 2. The summed E-state index contributed by atoms with van der Waals surface area (Å²) >= 11 is 1.17. The number of ether oxygens (including phenoxy) is 2. The second-order valence-corrected chi connectivity index (χ2v) is 6.29. The summed E-state index contributed by atoms with van der Waals surface area (Å²) in [7, 11) is 3.27. The molecule has 3 N–H and O–H groups in total. The third-order valence-electron chi connectivity index (χ3n) is 4.40. The molecule has 0 aliphatic carbocycles. The van der Waals surface area contributed by atoms with Gasteiger partial charge in [-0.15, -0.1) is 0 Å². The number of hydrogen-bond acceptors (Lipinski definition) is 9. The van der Waals surface area contributed by atoms with Gasteiger partial charge in [0.1, 0.15) is 12.1 Å². The van der Waals surface area contributed by atoms with Gasteiger partial charge in [-0.1, -0.05) is 0 Å². The van der Waals surface area contributed by atoms with Crippen LogP contribution in [0, 0.1) is 0 Å². The van der Waals surface area contributed by atoms with Gasteiger partial charge in [0.15, 0.2) is 11.5 Å². The molecule has 0 bridgehead atoms. The highest BCUT2D eigenvalue weighted by Gasteiger charge is 2.20. The van der Waals surface area contributed by atoms with Crippen molar-refractivity contribution < 1.29 is 9.47 Å². The minimum Gasteiger partial charge on any atom is -0.493 e. The number of nitrogens with one attached hydrogen (secondary N) is 1. The molecule has 3 rings (SSSR count). The molecule has 2 aromatic rings. The lowest BCUT2D eigenvalue weighted by molar-refractivity contribution is 0.262. The third-order valence-corrected chi connectivity index (χ3v) is 4.78. The van der Waals surface area contributed by atoms with Crippen molar-refractivity contribution in [2.24, 2.45) is 5.14 Å². The molecule has 1 aromatic carbocycles. The van der Waals surface area contributed by atoms with Gasteiger partial charge in [0.25, 0.3) is 0 Å². The van der Waals surface area contributed by atoms with Crippen LogP contribution < -0.4 is 24.2 Å². The lowest BCUT2D eigenvalue weighted by atomic mass is 10.2. The molecular weight excluding hydrogens is 340 g/mol. The normalized spacial score (nSPS) is 15.6. The number of piperazine rings is 1. The lowest BCUT2D eigenvalue weighted by Gasteiger charge is -2.35. The van der Waals surface area contributed by atoms with Crippen molar-refractivity contribution in [3.8, 4) is 11.5 Å². The summed E-state index contributed by atoms with van der Waals surface area (Å²) in [5.41, 5.74) is 0.856. The summed E-state index contributed by atoms with van der Waals surface area (Å²) in [5, 5.41) is 6.37. The first-order valence-corrected chi connectivity index (χ1v) is 9.07. The van der Waals surface area contributed by atoms with Gasteiger partial charge >= 0.3 is 0 Å². The van der Waals surface area contributed by atoms with E-state index in [9.17, 15) is 0 Å². The summed E-state index contributed by atoms with van der Waals surface area (Å²) < 4.78 is 13.9. The summed E-state index contributed by atoms with van der Waals surface area (Å²) in [4.78, 5) is 13.6. The Morgan fingerprint density at radius 3 is 2.52 bits per heavy atom. The molecule has 0 radical (unpaired) electrons. The van der Waals surface area contributed by atoms with Crippen LogP contribution in [0.5, 0.6) is 11.5 Å². The third kappa shape index (κ3) is 4.06. The molecule has 25 heavy (non-hydrogen) atoms. The van der Waals surface area contributed by atoms with Crippen molar-refractivity contribution in [2.45, 2.75) is 0 Å². The first kappa shape index (κ1) is 18.0. The van der Waals surface area contributed by atoms with Crippen LogP contribution in [0.15, 0.2) is 18.5 Å². The molecule has 0 saturated carbocycles. The van der Waals surface area contributed by atoms with Gasteiger partial charge in [0.2, 0.25) is 0 Å². The molecule has 0 amide bonds. The molecule has 0 spiro atoms. The smallest absolute Gasteiger partial charge is 0.162 e. The highest BCUT2D eigenvalue weighted by molar-refractivity contribution is 7.95. The van der Waals surface area contributed by atoms with E-state index in [-0.39, 0.29) is 0 Å². The van der Waals surface area contributed by atoms with Gasteiger partial charge in [-0.2, -0.15) is 0 Å². The van der Waals surface area contributed by atoms with E-state index >= 15 is 0 Å². The Hall–Kier alpha value is -1.81. The predicted molar refractivity (Wildman–Crippen MR) is 101 cm³/mol. The van der Waals surface area contributed by atoms with E-state index in [0.29, 0.717) is 11.5 Å². The van der Waals surface area contributed by atoms with Crippen LogP contribution in [0.1, 0.15) is 0 Å². The Bertz CT molecular complexity index is 708. The van der Waals surface area contributed by atoms with E-state index in [0.717, 1.165) is 56.0 Å². The molecule has 1 aromatic heterocycles. The van der Waals surface area contributed by atoms with Crippen molar-refractivity contribution in [3.63, 3.8) is 0 Å². The maximum atomic E-state index is 5.43. The fourth-order valence-corrected chi connectivity index (χ4v) is 3.28. The number of nitrogens with zero attached hydrogens (tertiary/aromatic N) is 4. The van der Waals surface area contributed by atoms with Crippen molar-refractivity contribution >= 4 is 28.9 Å². The zero-order valence-electron chi connectivity index (χ0n) is 14.6. The quantitative estimate of drug-likeness (QED) is 0.549. The van der Waals surface area contributed by atoms with E-state index in [1.165, 1.54) is 12.1 Å². The molecule has 0 atom stereocenters. The Kier molecular flexibility index (Phi) is 6.14. The Balaban J connectivity index is 1.78. The molecule has 8 nitrogen and oxygen atoms in total. The zero-order valence-corrected chi connectivity index (χ0v) is 15.4. The molecule has 1 fully saturated rings. The number of fused-ring (bicyclic) bond motifs is 1. The number of rotatable bonds is 7. The van der Waals surface area contributed by atoms with E-state index < -0.39 is 0 Å². The van der Waals surface area contributed by atoms with Gasteiger partial charge in [-0.25, -0.2) is 14.7 Å². The van der Waals surface area contributed by atoms with Crippen LogP contribution in [-0.4, -0.2) is 68.4 Å². The standard InChI is InChI=1S/C16H24N6O2S/c1-23-14-9-12-13(10-15(14)24-2)18-11-19-16(12)22-7-5-21(6-8-22)4-3-20-25-17/h9-11,20H,3-8,17H2,1-2H3. The monoisotopic (exact) mass is 364 g/mol. The van der Waals surface area contributed by atoms with E-state index in [1.807, 2.05) is 12.1 Å². The van der Waals surface area contributed by atoms with E-state index in [4.69, 9.17) is 14.6 Å². The van der Waals surface area contributed by atoms with Gasteiger partial charge in [0.05, 0.1) is 19.7 Å². The van der Waals surface area contributed by atoms with Gasteiger partial charge in [-0.3, -0.25) is 10.0 Å². The van der Waals surface area contributed by atoms with Crippen LogP contribution >= 0.6 is 12.1 Å². The van der Waals surface area contributed by atoms with Crippen molar-refractivity contribution in [3.05, 3.63) is 18.5 Å². The molecule has 1 saturated heterocycles. The zero-order chi connectivity index (χ0) is 17.6. The fraction of sp³-hybridized carbons (Fsp3) is 0.500. The van der Waals surface area contributed by atoms with Crippen LogP contribution in [-0.2, 0) is 0 Å². The highest BCUT2D eigenvalue weighted by Crippen LogP contribution is 2.34. The first-order valence-electron chi connectivity index (χ1n) is 8.19. The Morgan fingerprint density at radius 1 is 1.12 bits per heavy atom. The summed E-state index contributed by atoms with van der Waals surface area (Å²) in [6.07, 6.45) is 1.61. The number of anilines is 1. The summed E-state index contributed by atoms with van der Waals surface area (Å²) in [6, 6.07) is 3.85.